The number of halogens is 2. The van der Waals surface area contributed by atoms with Gasteiger partial charge in [0.1, 0.15) is 23.4 Å². The van der Waals surface area contributed by atoms with Gasteiger partial charge in [-0.15, -0.1) is 24.0 Å². The highest BCUT2D eigenvalue weighted by atomic mass is 127. The zero-order valence-electron chi connectivity index (χ0n) is 18.2. The van der Waals surface area contributed by atoms with Gasteiger partial charge in [-0.25, -0.2) is 9.38 Å². The van der Waals surface area contributed by atoms with E-state index in [2.05, 4.69) is 15.6 Å². The van der Waals surface area contributed by atoms with Crippen molar-refractivity contribution >= 4 is 35.8 Å². The van der Waals surface area contributed by atoms with Crippen molar-refractivity contribution in [1.82, 2.24) is 15.5 Å². The van der Waals surface area contributed by atoms with Crippen molar-refractivity contribution in [3.8, 4) is 11.5 Å². The SMILES string of the molecule is COc1ccc(CN=C(NCC(=O)N(C)C)NCC(C)Oc2ccc(F)cc2)cc1.I. The summed E-state index contributed by atoms with van der Waals surface area (Å²) in [5.41, 5.74) is 1.01. The van der Waals surface area contributed by atoms with Crippen LogP contribution < -0.4 is 20.1 Å². The molecule has 0 aliphatic carbocycles. The van der Waals surface area contributed by atoms with Crippen LogP contribution in [0.15, 0.2) is 53.5 Å². The van der Waals surface area contributed by atoms with Crippen LogP contribution in [0.3, 0.4) is 0 Å². The van der Waals surface area contributed by atoms with Gasteiger partial charge in [0.05, 0.1) is 26.7 Å². The molecule has 9 heteroatoms. The Balaban J connectivity index is 0.00000480. The second-order valence-corrected chi connectivity index (χ2v) is 6.92. The van der Waals surface area contributed by atoms with Crippen LogP contribution in [0.4, 0.5) is 4.39 Å². The molecular formula is C22H30FIN4O3. The predicted octanol–water partition coefficient (Wildman–Crippen LogP) is 3.04. The van der Waals surface area contributed by atoms with Gasteiger partial charge in [-0.3, -0.25) is 4.79 Å². The van der Waals surface area contributed by atoms with Crippen LogP contribution in [-0.4, -0.2) is 57.2 Å². The van der Waals surface area contributed by atoms with Gasteiger partial charge in [0, 0.05) is 14.1 Å². The summed E-state index contributed by atoms with van der Waals surface area (Å²) in [6, 6.07) is 13.5. The van der Waals surface area contributed by atoms with Gasteiger partial charge >= 0.3 is 0 Å². The van der Waals surface area contributed by atoms with E-state index in [0.29, 0.717) is 24.8 Å². The fourth-order valence-corrected chi connectivity index (χ4v) is 2.42. The molecule has 2 rings (SSSR count). The second kappa shape index (κ2) is 13.7. The highest BCUT2D eigenvalue weighted by Crippen LogP contribution is 2.13. The lowest BCUT2D eigenvalue weighted by atomic mass is 10.2. The van der Waals surface area contributed by atoms with E-state index in [1.165, 1.54) is 17.0 Å². The number of rotatable bonds is 9. The highest BCUT2D eigenvalue weighted by molar-refractivity contribution is 14.0. The molecule has 0 aromatic heterocycles. The van der Waals surface area contributed by atoms with Gasteiger partial charge in [0.15, 0.2) is 5.96 Å². The minimum absolute atomic E-state index is 0. The molecule has 2 aromatic carbocycles. The maximum atomic E-state index is 13.0. The number of guanidine groups is 1. The third-order valence-electron chi connectivity index (χ3n) is 4.19. The quantitative estimate of drug-likeness (QED) is 0.289. The molecule has 0 bridgehead atoms. The summed E-state index contributed by atoms with van der Waals surface area (Å²) in [6.45, 7) is 2.89. The standard InChI is InChI=1S/C22H29FN4O3.HI/c1-16(30-20-11-7-18(23)8-12-20)13-24-22(26-15-21(28)27(2)3)25-14-17-5-9-19(29-4)10-6-17;/h5-12,16H,13-15H2,1-4H3,(H2,24,25,26);1H. The number of benzene rings is 2. The number of carbonyl (C=O) groups is 1. The van der Waals surface area contributed by atoms with Crippen LogP contribution in [0.1, 0.15) is 12.5 Å². The molecule has 0 radical (unpaired) electrons. The van der Waals surface area contributed by atoms with Crippen molar-refractivity contribution in [2.24, 2.45) is 4.99 Å². The largest absolute Gasteiger partial charge is 0.497 e. The van der Waals surface area contributed by atoms with E-state index >= 15 is 0 Å². The summed E-state index contributed by atoms with van der Waals surface area (Å²) < 4.78 is 24.0. The number of aliphatic imine (C=N–C) groups is 1. The molecule has 7 nitrogen and oxygen atoms in total. The average molecular weight is 544 g/mol. The number of ether oxygens (including phenoxy) is 2. The summed E-state index contributed by atoms with van der Waals surface area (Å²) in [5, 5.41) is 6.22. The number of likely N-dealkylation sites (N-methyl/N-ethyl adjacent to an activating group) is 1. The van der Waals surface area contributed by atoms with Crippen LogP contribution in [-0.2, 0) is 11.3 Å². The molecule has 2 aromatic rings. The molecule has 170 valence electrons. The number of nitrogens with zero attached hydrogens (tertiary/aromatic N) is 2. The smallest absolute Gasteiger partial charge is 0.241 e. The number of amides is 1. The van der Waals surface area contributed by atoms with Crippen molar-refractivity contribution < 1.29 is 18.7 Å². The van der Waals surface area contributed by atoms with Gasteiger partial charge in [-0.05, 0) is 48.9 Å². The maximum absolute atomic E-state index is 13.0. The number of hydrogen-bond donors (Lipinski definition) is 2. The first kappa shape index (κ1) is 26.5. The second-order valence-electron chi connectivity index (χ2n) is 6.92. The molecule has 0 aliphatic rings. The van der Waals surface area contributed by atoms with Gasteiger partial charge in [0.25, 0.3) is 0 Å². The fraction of sp³-hybridized carbons (Fsp3) is 0.364. The Bertz CT molecular complexity index is 830. The highest BCUT2D eigenvalue weighted by Gasteiger charge is 2.09. The van der Waals surface area contributed by atoms with E-state index in [4.69, 9.17) is 9.47 Å². The third-order valence-corrected chi connectivity index (χ3v) is 4.19. The van der Waals surface area contributed by atoms with Crippen LogP contribution in [0.5, 0.6) is 11.5 Å². The van der Waals surface area contributed by atoms with Crippen LogP contribution >= 0.6 is 24.0 Å². The Morgan fingerprint density at radius 1 is 1.06 bits per heavy atom. The summed E-state index contributed by atoms with van der Waals surface area (Å²) in [4.78, 5) is 18.0. The molecule has 1 amide bonds. The molecule has 0 spiro atoms. The Kier molecular flexibility index (Phi) is 11.7. The summed E-state index contributed by atoms with van der Waals surface area (Å²) >= 11 is 0. The lowest BCUT2D eigenvalue weighted by Gasteiger charge is -2.19. The van der Waals surface area contributed by atoms with E-state index < -0.39 is 0 Å². The number of methoxy groups -OCH3 is 1. The van der Waals surface area contributed by atoms with Crippen molar-refractivity contribution in [2.75, 3.05) is 34.3 Å². The van der Waals surface area contributed by atoms with E-state index in [0.717, 1.165) is 11.3 Å². The zero-order valence-corrected chi connectivity index (χ0v) is 20.6. The Morgan fingerprint density at radius 2 is 1.68 bits per heavy atom. The lowest BCUT2D eigenvalue weighted by molar-refractivity contribution is -0.127. The number of nitrogens with one attached hydrogen (secondary N) is 2. The van der Waals surface area contributed by atoms with Crippen molar-refractivity contribution in [2.45, 2.75) is 19.6 Å². The van der Waals surface area contributed by atoms with Crippen LogP contribution in [0.25, 0.3) is 0 Å². The topological polar surface area (TPSA) is 75.2 Å². The monoisotopic (exact) mass is 544 g/mol. The predicted molar refractivity (Wildman–Crippen MR) is 131 cm³/mol. The molecule has 31 heavy (non-hydrogen) atoms. The molecule has 2 N–H and O–H groups in total. The van der Waals surface area contributed by atoms with E-state index in [-0.39, 0.29) is 48.3 Å². The van der Waals surface area contributed by atoms with Crippen molar-refractivity contribution in [3.05, 3.63) is 59.9 Å². The minimum atomic E-state index is -0.309. The molecule has 1 atom stereocenters. The first-order chi connectivity index (χ1) is 14.4. The zero-order chi connectivity index (χ0) is 21.9. The average Bonchev–Trinajstić information content (AvgIpc) is 2.74. The molecular weight excluding hydrogens is 514 g/mol. The van der Waals surface area contributed by atoms with Crippen molar-refractivity contribution in [1.29, 1.82) is 0 Å². The molecule has 0 heterocycles. The Morgan fingerprint density at radius 3 is 2.26 bits per heavy atom. The first-order valence-electron chi connectivity index (χ1n) is 9.65. The normalized spacial score (nSPS) is 11.7. The van der Waals surface area contributed by atoms with Gasteiger partial charge in [-0.1, -0.05) is 12.1 Å². The van der Waals surface area contributed by atoms with Gasteiger partial charge in [-0.2, -0.15) is 0 Å². The third kappa shape index (κ3) is 9.86. The van der Waals surface area contributed by atoms with Gasteiger partial charge in [0.2, 0.25) is 5.91 Å². The number of carbonyl (C=O) groups excluding carboxylic acids is 1. The molecule has 1 unspecified atom stereocenters. The summed E-state index contributed by atoms with van der Waals surface area (Å²) in [6.07, 6.45) is -0.201. The van der Waals surface area contributed by atoms with Crippen LogP contribution in [0.2, 0.25) is 0 Å². The van der Waals surface area contributed by atoms with Crippen LogP contribution in [0, 0.1) is 5.82 Å². The summed E-state index contributed by atoms with van der Waals surface area (Å²) in [5.74, 6) is 1.48. The van der Waals surface area contributed by atoms with E-state index in [9.17, 15) is 9.18 Å². The number of hydrogen-bond acceptors (Lipinski definition) is 4. The Labute approximate surface area is 200 Å². The molecule has 0 saturated heterocycles. The Hall–Kier alpha value is -2.56. The minimum Gasteiger partial charge on any atom is -0.497 e. The molecule has 0 aliphatic heterocycles. The first-order valence-corrected chi connectivity index (χ1v) is 9.65. The maximum Gasteiger partial charge on any atom is 0.241 e. The van der Waals surface area contributed by atoms with Gasteiger partial charge < -0.3 is 25.0 Å². The lowest BCUT2D eigenvalue weighted by Crippen LogP contribution is -2.45. The van der Waals surface area contributed by atoms with Crippen molar-refractivity contribution in [3.63, 3.8) is 0 Å². The van der Waals surface area contributed by atoms with E-state index in [1.807, 2.05) is 31.2 Å². The fourth-order valence-electron chi connectivity index (χ4n) is 2.42. The molecule has 0 fully saturated rings. The molecule has 0 saturated carbocycles. The van der Waals surface area contributed by atoms with E-state index in [1.54, 1.807) is 33.3 Å². The summed E-state index contributed by atoms with van der Waals surface area (Å²) in [7, 11) is 5.02.